The number of nitrogens with one attached hydrogen (secondary N) is 2. The molecule has 0 radical (unpaired) electrons. The molecule has 0 spiro atoms. The van der Waals surface area contributed by atoms with Crippen molar-refractivity contribution >= 4 is 17.5 Å². The summed E-state index contributed by atoms with van der Waals surface area (Å²) < 4.78 is 31.2. The predicted octanol–water partition coefficient (Wildman–Crippen LogP) is 2.87. The zero-order chi connectivity index (χ0) is 17.8. The largest absolute Gasteiger partial charge is 0.481 e. The van der Waals surface area contributed by atoms with E-state index in [9.17, 15) is 18.4 Å². The third-order valence-electron chi connectivity index (χ3n) is 3.60. The molecule has 0 aliphatic heterocycles. The molecule has 1 aliphatic rings. The highest BCUT2D eigenvalue weighted by atomic mass is 19.1. The summed E-state index contributed by atoms with van der Waals surface area (Å²) in [6.45, 7) is -0.424. The lowest BCUT2D eigenvalue weighted by Gasteiger charge is -2.09. The minimum absolute atomic E-state index is 0.143. The second kappa shape index (κ2) is 7.29. The van der Waals surface area contributed by atoms with Gasteiger partial charge in [-0.05, 0) is 49.2 Å². The van der Waals surface area contributed by atoms with E-state index in [1.54, 1.807) is 24.3 Å². The van der Waals surface area contributed by atoms with Gasteiger partial charge < -0.3 is 15.4 Å². The van der Waals surface area contributed by atoms with E-state index in [4.69, 9.17) is 4.74 Å². The lowest BCUT2D eigenvalue weighted by atomic mass is 10.2. The molecule has 130 valence electrons. The van der Waals surface area contributed by atoms with Gasteiger partial charge in [0.15, 0.2) is 18.2 Å². The van der Waals surface area contributed by atoms with Crippen molar-refractivity contribution in [3.63, 3.8) is 0 Å². The van der Waals surface area contributed by atoms with Crippen LogP contribution in [0.3, 0.4) is 0 Å². The van der Waals surface area contributed by atoms with Crippen molar-refractivity contribution in [3.8, 4) is 5.75 Å². The Morgan fingerprint density at radius 1 is 1.08 bits per heavy atom. The lowest BCUT2D eigenvalue weighted by molar-refractivity contribution is -0.118. The Morgan fingerprint density at radius 3 is 2.44 bits per heavy atom. The number of hydrogen-bond donors (Lipinski definition) is 2. The SMILES string of the molecule is O=C(COc1ccc(F)cc1F)Nc1ccc(C(=O)NC2CC2)cc1. The van der Waals surface area contributed by atoms with E-state index in [1.165, 1.54) is 0 Å². The molecule has 3 rings (SSSR count). The van der Waals surface area contributed by atoms with Gasteiger partial charge in [0.05, 0.1) is 0 Å². The third kappa shape index (κ3) is 4.76. The van der Waals surface area contributed by atoms with E-state index < -0.39 is 24.1 Å². The summed E-state index contributed by atoms with van der Waals surface area (Å²) in [6.07, 6.45) is 2.02. The van der Waals surface area contributed by atoms with Crippen LogP contribution in [-0.4, -0.2) is 24.5 Å². The molecule has 0 bridgehead atoms. The number of carbonyl (C=O) groups excluding carboxylic acids is 2. The fourth-order valence-electron chi connectivity index (χ4n) is 2.13. The number of benzene rings is 2. The Morgan fingerprint density at radius 2 is 1.80 bits per heavy atom. The highest BCUT2D eigenvalue weighted by Crippen LogP contribution is 2.20. The maximum atomic E-state index is 13.4. The number of hydrogen-bond acceptors (Lipinski definition) is 3. The van der Waals surface area contributed by atoms with Crippen molar-refractivity contribution < 1.29 is 23.1 Å². The van der Waals surface area contributed by atoms with Gasteiger partial charge in [0.25, 0.3) is 11.8 Å². The first-order valence-corrected chi connectivity index (χ1v) is 7.80. The van der Waals surface area contributed by atoms with Crippen LogP contribution in [0.25, 0.3) is 0 Å². The summed E-state index contributed by atoms with van der Waals surface area (Å²) in [4.78, 5) is 23.7. The average molecular weight is 346 g/mol. The molecule has 7 heteroatoms. The van der Waals surface area contributed by atoms with Crippen molar-refractivity contribution in [2.24, 2.45) is 0 Å². The van der Waals surface area contributed by atoms with Crippen LogP contribution >= 0.6 is 0 Å². The van der Waals surface area contributed by atoms with Crippen LogP contribution in [0.1, 0.15) is 23.2 Å². The van der Waals surface area contributed by atoms with Gasteiger partial charge in [-0.15, -0.1) is 0 Å². The van der Waals surface area contributed by atoms with Gasteiger partial charge in [0.2, 0.25) is 0 Å². The minimum atomic E-state index is -0.876. The monoisotopic (exact) mass is 346 g/mol. The van der Waals surface area contributed by atoms with Crippen molar-refractivity contribution in [2.75, 3.05) is 11.9 Å². The van der Waals surface area contributed by atoms with E-state index in [-0.39, 0.29) is 17.7 Å². The second-order valence-electron chi connectivity index (χ2n) is 5.74. The molecule has 0 heterocycles. The van der Waals surface area contributed by atoms with Gasteiger partial charge >= 0.3 is 0 Å². The Balaban J connectivity index is 1.51. The van der Waals surface area contributed by atoms with Crippen LogP contribution in [0, 0.1) is 11.6 Å². The van der Waals surface area contributed by atoms with E-state index in [2.05, 4.69) is 10.6 Å². The molecule has 5 nitrogen and oxygen atoms in total. The van der Waals surface area contributed by atoms with Crippen LogP contribution in [0.4, 0.5) is 14.5 Å². The summed E-state index contributed by atoms with van der Waals surface area (Å²) in [6, 6.07) is 9.51. The molecular weight excluding hydrogens is 330 g/mol. The summed E-state index contributed by atoms with van der Waals surface area (Å²) >= 11 is 0. The minimum Gasteiger partial charge on any atom is -0.481 e. The molecule has 0 saturated heterocycles. The molecule has 1 saturated carbocycles. The average Bonchev–Trinajstić information content (AvgIpc) is 3.38. The fourth-order valence-corrected chi connectivity index (χ4v) is 2.13. The first-order chi connectivity index (χ1) is 12.0. The number of amides is 2. The Kier molecular flexibility index (Phi) is 4.92. The third-order valence-corrected chi connectivity index (χ3v) is 3.60. The maximum Gasteiger partial charge on any atom is 0.262 e. The molecule has 0 aromatic heterocycles. The van der Waals surface area contributed by atoms with E-state index in [0.29, 0.717) is 17.3 Å². The van der Waals surface area contributed by atoms with Crippen molar-refractivity contribution in [1.82, 2.24) is 5.32 Å². The zero-order valence-electron chi connectivity index (χ0n) is 13.2. The summed E-state index contributed by atoms with van der Waals surface area (Å²) in [7, 11) is 0. The van der Waals surface area contributed by atoms with Crippen LogP contribution in [0.15, 0.2) is 42.5 Å². The van der Waals surface area contributed by atoms with Gasteiger partial charge in [-0.25, -0.2) is 8.78 Å². The highest BCUT2D eigenvalue weighted by molar-refractivity contribution is 5.96. The standard InChI is InChI=1S/C18H16F2N2O3/c19-12-3-8-16(15(20)9-12)25-10-17(23)21-13-4-1-11(2-5-13)18(24)22-14-6-7-14/h1-5,8-9,14H,6-7,10H2,(H,21,23)(H,22,24). The summed E-state index contributed by atoms with van der Waals surface area (Å²) in [5.41, 5.74) is 0.991. The second-order valence-corrected chi connectivity index (χ2v) is 5.74. The Labute approximate surface area is 143 Å². The maximum absolute atomic E-state index is 13.4. The van der Waals surface area contributed by atoms with E-state index in [1.807, 2.05) is 0 Å². The molecule has 2 amide bonds. The molecular formula is C18H16F2N2O3. The first kappa shape index (κ1) is 16.9. The number of anilines is 1. The quantitative estimate of drug-likeness (QED) is 0.845. The fraction of sp³-hybridized carbons (Fsp3) is 0.222. The summed E-state index contributed by atoms with van der Waals surface area (Å²) in [5.74, 6) is -2.45. The van der Waals surface area contributed by atoms with Gasteiger partial charge in [-0.1, -0.05) is 0 Å². The molecule has 25 heavy (non-hydrogen) atoms. The lowest BCUT2D eigenvalue weighted by Crippen LogP contribution is -2.25. The van der Waals surface area contributed by atoms with Gasteiger partial charge in [-0.3, -0.25) is 9.59 Å². The molecule has 2 aromatic rings. The van der Waals surface area contributed by atoms with E-state index in [0.717, 1.165) is 25.0 Å². The topological polar surface area (TPSA) is 67.4 Å². The van der Waals surface area contributed by atoms with Crippen LogP contribution in [0.5, 0.6) is 5.75 Å². The molecule has 1 fully saturated rings. The predicted molar refractivity (Wildman–Crippen MR) is 87.4 cm³/mol. The molecule has 0 unspecified atom stereocenters. The van der Waals surface area contributed by atoms with Gasteiger partial charge in [0, 0.05) is 23.4 Å². The van der Waals surface area contributed by atoms with Crippen LogP contribution < -0.4 is 15.4 Å². The number of halogens is 2. The molecule has 2 aromatic carbocycles. The molecule has 1 aliphatic carbocycles. The smallest absolute Gasteiger partial charge is 0.262 e. The first-order valence-electron chi connectivity index (χ1n) is 7.80. The molecule has 0 atom stereocenters. The number of carbonyl (C=O) groups is 2. The summed E-state index contributed by atoms with van der Waals surface area (Å²) in [5, 5.41) is 5.44. The van der Waals surface area contributed by atoms with Gasteiger partial charge in [0.1, 0.15) is 5.82 Å². The van der Waals surface area contributed by atoms with Crippen molar-refractivity contribution in [2.45, 2.75) is 18.9 Å². The highest BCUT2D eigenvalue weighted by Gasteiger charge is 2.23. The van der Waals surface area contributed by atoms with Gasteiger partial charge in [-0.2, -0.15) is 0 Å². The Bertz CT molecular complexity index is 789. The Hall–Kier alpha value is -2.96. The normalized spacial score (nSPS) is 13.2. The van der Waals surface area contributed by atoms with Crippen molar-refractivity contribution in [3.05, 3.63) is 59.7 Å². The van der Waals surface area contributed by atoms with Crippen LogP contribution in [-0.2, 0) is 4.79 Å². The molecule has 2 N–H and O–H groups in total. The zero-order valence-corrected chi connectivity index (χ0v) is 13.2. The number of ether oxygens (including phenoxy) is 1. The van der Waals surface area contributed by atoms with E-state index >= 15 is 0 Å². The van der Waals surface area contributed by atoms with Crippen LogP contribution in [0.2, 0.25) is 0 Å². The number of rotatable bonds is 6. The van der Waals surface area contributed by atoms with Crippen molar-refractivity contribution in [1.29, 1.82) is 0 Å².